The van der Waals surface area contributed by atoms with Gasteiger partial charge in [0.15, 0.2) is 5.78 Å². The number of aromatic nitrogens is 1. The van der Waals surface area contributed by atoms with E-state index in [0.29, 0.717) is 17.9 Å². The molecular weight excluding hydrogens is 220 g/mol. The Balaban J connectivity index is 2.71. The van der Waals surface area contributed by atoms with Crippen molar-refractivity contribution < 1.29 is 14.6 Å². The predicted molar refractivity (Wildman–Crippen MR) is 65.4 cm³/mol. The Morgan fingerprint density at radius 1 is 1.65 bits per heavy atom. The standard InChI is InChI=1S/C12H18N2O3/c1-9(15)10-4-5-13-12(6-10)14(2)7-11(16)8-17-3/h4-6,11,16H,7-8H2,1-3H3. The minimum atomic E-state index is -0.576. The SMILES string of the molecule is COCC(O)CN(C)c1cc(C(C)=O)ccn1. The number of rotatable bonds is 6. The van der Waals surface area contributed by atoms with Crippen molar-refractivity contribution in [3.8, 4) is 0 Å². The lowest BCUT2D eigenvalue weighted by molar-refractivity contribution is 0.0694. The van der Waals surface area contributed by atoms with Crippen molar-refractivity contribution in [2.45, 2.75) is 13.0 Å². The van der Waals surface area contributed by atoms with Crippen molar-refractivity contribution in [3.05, 3.63) is 23.9 Å². The van der Waals surface area contributed by atoms with Crippen LogP contribution in [0.25, 0.3) is 0 Å². The summed E-state index contributed by atoms with van der Waals surface area (Å²) in [5.74, 6) is 0.660. The van der Waals surface area contributed by atoms with Gasteiger partial charge in [-0.1, -0.05) is 0 Å². The zero-order valence-corrected chi connectivity index (χ0v) is 10.4. The highest BCUT2D eigenvalue weighted by Gasteiger charge is 2.10. The van der Waals surface area contributed by atoms with Gasteiger partial charge < -0.3 is 14.7 Å². The molecule has 0 aliphatic rings. The fraction of sp³-hybridized carbons (Fsp3) is 0.500. The third kappa shape index (κ3) is 4.13. The highest BCUT2D eigenvalue weighted by molar-refractivity contribution is 5.94. The van der Waals surface area contributed by atoms with Gasteiger partial charge in [-0.15, -0.1) is 0 Å². The van der Waals surface area contributed by atoms with E-state index < -0.39 is 6.10 Å². The summed E-state index contributed by atoms with van der Waals surface area (Å²) >= 11 is 0. The number of ether oxygens (including phenoxy) is 1. The molecule has 1 heterocycles. The average Bonchev–Trinajstić information content (AvgIpc) is 2.29. The third-order valence-corrected chi connectivity index (χ3v) is 2.39. The average molecular weight is 238 g/mol. The fourth-order valence-corrected chi connectivity index (χ4v) is 1.50. The zero-order valence-electron chi connectivity index (χ0n) is 10.4. The van der Waals surface area contributed by atoms with E-state index in [2.05, 4.69) is 4.98 Å². The Morgan fingerprint density at radius 3 is 2.94 bits per heavy atom. The molecule has 94 valence electrons. The normalized spacial score (nSPS) is 12.2. The van der Waals surface area contributed by atoms with Gasteiger partial charge >= 0.3 is 0 Å². The molecule has 0 amide bonds. The number of carbonyl (C=O) groups excluding carboxylic acids is 1. The maximum atomic E-state index is 11.2. The molecule has 0 saturated heterocycles. The van der Waals surface area contributed by atoms with Crippen LogP contribution in [0.15, 0.2) is 18.3 Å². The molecule has 5 nitrogen and oxygen atoms in total. The fourth-order valence-electron chi connectivity index (χ4n) is 1.50. The van der Waals surface area contributed by atoms with Crippen LogP contribution in [0.1, 0.15) is 17.3 Å². The number of hydrogen-bond acceptors (Lipinski definition) is 5. The molecule has 0 radical (unpaired) electrons. The second-order valence-corrected chi connectivity index (χ2v) is 3.95. The Labute approximate surface area is 101 Å². The van der Waals surface area contributed by atoms with E-state index >= 15 is 0 Å². The summed E-state index contributed by atoms with van der Waals surface area (Å²) in [6, 6.07) is 3.38. The molecular formula is C12H18N2O3. The first-order valence-corrected chi connectivity index (χ1v) is 5.39. The summed E-state index contributed by atoms with van der Waals surface area (Å²) in [4.78, 5) is 17.2. The number of aliphatic hydroxyl groups excluding tert-OH is 1. The largest absolute Gasteiger partial charge is 0.389 e. The van der Waals surface area contributed by atoms with Gasteiger partial charge in [0.1, 0.15) is 5.82 Å². The first-order chi connectivity index (χ1) is 8.04. The number of aliphatic hydroxyl groups is 1. The molecule has 1 atom stereocenters. The molecule has 5 heteroatoms. The Hall–Kier alpha value is -1.46. The van der Waals surface area contributed by atoms with E-state index in [-0.39, 0.29) is 12.4 Å². The van der Waals surface area contributed by atoms with Crippen molar-refractivity contribution in [2.24, 2.45) is 0 Å². The molecule has 1 aromatic heterocycles. The summed E-state index contributed by atoms with van der Waals surface area (Å²) in [5, 5.41) is 9.60. The Kier molecular flexibility index (Phi) is 5.06. The van der Waals surface area contributed by atoms with Gasteiger partial charge in [-0.2, -0.15) is 0 Å². The van der Waals surface area contributed by atoms with Crippen LogP contribution in [0.5, 0.6) is 0 Å². The number of methoxy groups -OCH3 is 1. The maximum absolute atomic E-state index is 11.2. The zero-order chi connectivity index (χ0) is 12.8. The summed E-state index contributed by atoms with van der Waals surface area (Å²) in [5.41, 5.74) is 0.614. The molecule has 0 spiro atoms. The molecule has 0 saturated carbocycles. The summed E-state index contributed by atoms with van der Waals surface area (Å²) in [6.45, 7) is 2.19. The number of likely N-dealkylation sites (N-methyl/N-ethyl adjacent to an activating group) is 1. The molecule has 0 fully saturated rings. The van der Waals surface area contributed by atoms with Crippen LogP contribution in [0.3, 0.4) is 0 Å². The van der Waals surface area contributed by atoms with Gasteiger partial charge in [-0.05, 0) is 19.1 Å². The monoisotopic (exact) mass is 238 g/mol. The van der Waals surface area contributed by atoms with Crippen molar-refractivity contribution in [1.82, 2.24) is 4.98 Å². The second-order valence-electron chi connectivity index (χ2n) is 3.95. The van der Waals surface area contributed by atoms with Crippen LogP contribution in [0.2, 0.25) is 0 Å². The first-order valence-electron chi connectivity index (χ1n) is 5.39. The molecule has 0 aromatic carbocycles. The lowest BCUT2D eigenvalue weighted by atomic mass is 10.2. The summed E-state index contributed by atoms with van der Waals surface area (Å²) in [7, 11) is 3.35. The number of ketones is 1. The Morgan fingerprint density at radius 2 is 2.35 bits per heavy atom. The minimum absolute atomic E-state index is 0.000472. The van der Waals surface area contributed by atoms with E-state index in [9.17, 15) is 9.90 Å². The predicted octanol–water partition coefficient (Wildman–Crippen LogP) is 0.728. The van der Waals surface area contributed by atoms with E-state index in [0.717, 1.165) is 0 Å². The lowest BCUT2D eigenvalue weighted by Gasteiger charge is -2.21. The van der Waals surface area contributed by atoms with Crippen LogP contribution in [0, 0.1) is 0 Å². The molecule has 0 aliphatic heterocycles. The Bertz CT molecular complexity index is 382. The molecule has 17 heavy (non-hydrogen) atoms. The van der Waals surface area contributed by atoms with Crippen molar-refractivity contribution in [3.63, 3.8) is 0 Å². The van der Waals surface area contributed by atoms with Gasteiger partial charge in [0.2, 0.25) is 0 Å². The smallest absolute Gasteiger partial charge is 0.159 e. The molecule has 1 unspecified atom stereocenters. The van der Waals surface area contributed by atoms with E-state index in [1.54, 1.807) is 23.2 Å². The molecule has 1 aromatic rings. The van der Waals surface area contributed by atoms with Crippen molar-refractivity contribution >= 4 is 11.6 Å². The number of carbonyl (C=O) groups is 1. The number of hydrogen-bond donors (Lipinski definition) is 1. The van der Waals surface area contributed by atoms with Crippen molar-refractivity contribution in [2.75, 3.05) is 32.2 Å². The van der Waals surface area contributed by atoms with Crippen LogP contribution in [-0.4, -0.2) is 49.3 Å². The van der Waals surface area contributed by atoms with Crippen LogP contribution >= 0.6 is 0 Å². The van der Waals surface area contributed by atoms with Gasteiger partial charge in [0, 0.05) is 32.5 Å². The van der Waals surface area contributed by atoms with Crippen LogP contribution in [-0.2, 0) is 4.74 Å². The highest BCUT2D eigenvalue weighted by atomic mass is 16.5. The second kappa shape index (κ2) is 6.32. The summed E-state index contributed by atoms with van der Waals surface area (Å²) in [6.07, 6.45) is 1.01. The first kappa shape index (κ1) is 13.6. The molecule has 0 bridgehead atoms. The van der Waals surface area contributed by atoms with E-state index in [1.807, 2.05) is 7.05 Å². The maximum Gasteiger partial charge on any atom is 0.159 e. The van der Waals surface area contributed by atoms with Crippen LogP contribution < -0.4 is 4.90 Å². The minimum Gasteiger partial charge on any atom is -0.389 e. The number of Topliss-reactive ketones (excluding diaryl/α,β-unsaturated/α-hetero) is 1. The highest BCUT2D eigenvalue weighted by Crippen LogP contribution is 2.12. The van der Waals surface area contributed by atoms with Gasteiger partial charge in [-0.3, -0.25) is 4.79 Å². The lowest BCUT2D eigenvalue weighted by Crippen LogP contribution is -2.32. The summed E-state index contributed by atoms with van der Waals surface area (Å²) < 4.78 is 4.85. The van der Waals surface area contributed by atoms with Crippen molar-refractivity contribution in [1.29, 1.82) is 0 Å². The van der Waals surface area contributed by atoms with Crippen LogP contribution in [0.4, 0.5) is 5.82 Å². The third-order valence-electron chi connectivity index (χ3n) is 2.39. The van der Waals surface area contributed by atoms with Gasteiger partial charge in [-0.25, -0.2) is 4.98 Å². The number of nitrogens with zero attached hydrogens (tertiary/aromatic N) is 2. The quantitative estimate of drug-likeness (QED) is 0.740. The molecule has 1 N–H and O–H groups in total. The topological polar surface area (TPSA) is 62.7 Å². The molecule has 1 rings (SSSR count). The van der Waals surface area contributed by atoms with Gasteiger partial charge in [0.05, 0.1) is 12.7 Å². The van der Waals surface area contributed by atoms with Gasteiger partial charge in [0.25, 0.3) is 0 Å². The molecule has 0 aliphatic carbocycles. The van der Waals surface area contributed by atoms with E-state index in [4.69, 9.17) is 4.74 Å². The van der Waals surface area contributed by atoms with E-state index in [1.165, 1.54) is 14.0 Å². The number of anilines is 1. The number of pyridine rings is 1.